The number of halogens is 1. The molecule has 1 aliphatic heterocycles. The van der Waals surface area contributed by atoms with Crippen molar-refractivity contribution in [2.24, 2.45) is 5.16 Å². The molecule has 0 saturated heterocycles. The Labute approximate surface area is 134 Å². The quantitative estimate of drug-likeness (QED) is 0.887. The zero-order valence-electron chi connectivity index (χ0n) is 13.0. The predicted octanol–water partition coefficient (Wildman–Crippen LogP) is 2.09. The Morgan fingerprint density at radius 3 is 2.87 bits per heavy atom. The molecule has 1 aliphatic rings. The number of rotatable bonds is 6. The predicted molar refractivity (Wildman–Crippen MR) is 85.9 cm³/mol. The van der Waals surface area contributed by atoms with Crippen LogP contribution in [0.3, 0.4) is 0 Å². The zero-order chi connectivity index (χ0) is 16.1. The van der Waals surface area contributed by atoms with E-state index in [4.69, 9.17) is 9.57 Å². The Morgan fingerprint density at radius 1 is 1.26 bits per heavy atom. The van der Waals surface area contributed by atoms with Crippen molar-refractivity contribution in [3.05, 3.63) is 65.5 Å². The van der Waals surface area contributed by atoms with Crippen LogP contribution in [0.15, 0.2) is 53.7 Å². The normalized spacial score (nSPS) is 16.8. The summed E-state index contributed by atoms with van der Waals surface area (Å²) >= 11 is 0. The van der Waals surface area contributed by atoms with E-state index in [1.54, 1.807) is 19.2 Å². The lowest BCUT2D eigenvalue weighted by molar-refractivity contribution is -0.676. The molecule has 0 radical (unpaired) electrons. The second kappa shape index (κ2) is 7.24. The maximum absolute atomic E-state index is 12.9. The number of nitrogens with two attached hydrogens (primary N) is 1. The van der Waals surface area contributed by atoms with E-state index in [0.717, 1.165) is 36.5 Å². The van der Waals surface area contributed by atoms with Crippen molar-refractivity contribution >= 4 is 5.71 Å². The van der Waals surface area contributed by atoms with Crippen LogP contribution in [0.4, 0.5) is 4.39 Å². The van der Waals surface area contributed by atoms with Gasteiger partial charge in [0.25, 0.3) is 0 Å². The largest absolute Gasteiger partial charge is 0.497 e. The van der Waals surface area contributed by atoms with E-state index in [2.05, 4.69) is 16.5 Å². The van der Waals surface area contributed by atoms with Crippen molar-refractivity contribution < 1.29 is 19.3 Å². The summed E-state index contributed by atoms with van der Waals surface area (Å²) in [7, 11) is 1.67. The van der Waals surface area contributed by atoms with Crippen LogP contribution in [0.5, 0.6) is 5.75 Å². The molecular formula is C18H20FN2O2+. The maximum atomic E-state index is 12.9. The van der Waals surface area contributed by atoms with Crippen LogP contribution in [0.1, 0.15) is 17.5 Å². The molecule has 5 heteroatoms. The van der Waals surface area contributed by atoms with Gasteiger partial charge in [-0.2, -0.15) is 0 Å². The van der Waals surface area contributed by atoms with Gasteiger partial charge in [0, 0.05) is 12.0 Å². The lowest BCUT2D eigenvalue weighted by Crippen LogP contribution is -2.84. The van der Waals surface area contributed by atoms with Crippen molar-refractivity contribution in [2.75, 3.05) is 13.7 Å². The topological polar surface area (TPSA) is 47.4 Å². The molecule has 0 bridgehead atoms. The zero-order valence-corrected chi connectivity index (χ0v) is 13.0. The fourth-order valence-electron chi connectivity index (χ4n) is 2.60. The van der Waals surface area contributed by atoms with E-state index in [9.17, 15) is 4.39 Å². The molecule has 0 fully saturated rings. The Kier molecular flexibility index (Phi) is 4.88. The van der Waals surface area contributed by atoms with E-state index in [0.29, 0.717) is 0 Å². The smallest absolute Gasteiger partial charge is 0.181 e. The van der Waals surface area contributed by atoms with Gasteiger partial charge in [0.1, 0.15) is 24.7 Å². The molecule has 1 heterocycles. The lowest BCUT2D eigenvalue weighted by Gasteiger charge is -2.08. The van der Waals surface area contributed by atoms with Gasteiger partial charge in [-0.3, -0.25) is 0 Å². The van der Waals surface area contributed by atoms with Crippen LogP contribution >= 0.6 is 0 Å². The number of methoxy groups -OCH3 is 1. The highest BCUT2D eigenvalue weighted by Gasteiger charge is 2.23. The third-order valence-electron chi connectivity index (χ3n) is 3.85. The van der Waals surface area contributed by atoms with Crippen LogP contribution in [0.25, 0.3) is 0 Å². The van der Waals surface area contributed by atoms with Crippen molar-refractivity contribution in [3.8, 4) is 5.75 Å². The first kappa shape index (κ1) is 15.5. The highest BCUT2D eigenvalue weighted by molar-refractivity contribution is 6.01. The first-order chi connectivity index (χ1) is 11.2. The molecule has 0 spiro atoms. The third kappa shape index (κ3) is 4.07. The highest BCUT2D eigenvalue weighted by atomic mass is 19.1. The molecule has 0 amide bonds. The molecule has 2 aromatic carbocycles. The summed E-state index contributed by atoms with van der Waals surface area (Å²) in [5, 5.41) is 6.32. The summed E-state index contributed by atoms with van der Waals surface area (Å²) in [6.45, 7) is 1.69. The molecule has 0 aromatic heterocycles. The van der Waals surface area contributed by atoms with Crippen LogP contribution in [-0.4, -0.2) is 25.5 Å². The second-order valence-corrected chi connectivity index (χ2v) is 5.56. The second-order valence-electron chi connectivity index (χ2n) is 5.56. The molecule has 1 atom stereocenters. The van der Waals surface area contributed by atoms with Crippen molar-refractivity contribution in [3.63, 3.8) is 0 Å². The SMILES string of the molecule is COc1cccc(C[NH2+]C[C@H]2CC(c3ccc(F)cc3)=NO2)c1. The number of oxime groups is 1. The summed E-state index contributed by atoms with van der Waals surface area (Å²) in [6, 6.07) is 14.4. The molecule has 3 rings (SSSR count). The molecular weight excluding hydrogens is 295 g/mol. The number of ether oxygens (including phenoxy) is 1. The number of hydrogen-bond donors (Lipinski definition) is 1. The molecule has 4 nitrogen and oxygen atoms in total. The van der Waals surface area contributed by atoms with Crippen LogP contribution < -0.4 is 10.1 Å². The molecule has 0 saturated carbocycles. The number of hydrogen-bond acceptors (Lipinski definition) is 3. The number of quaternary nitrogens is 1. The van der Waals surface area contributed by atoms with Crippen LogP contribution in [-0.2, 0) is 11.4 Å². The van der Waals surface area contributed by atoms with Crippen molar-refractivity contribution in [2.45, 2.75) is 19.1 Å². The molecule has 2 N–H and O–H groups in total. The Balaban J connectivity index is 1.47. The van der Waals surface area contributed by atoms with E-state index < -0.39 is 0 Å². The first-order valence-electron chi connectivity index (χ1n) is 7.68. The first-order valence-corrected chi connectivity index (χ1v) is 7.68. The van der Waals surface area contributed by atoms with Crippen LogP contribution in [0, 0.1) is 5.82 Å². The lowest BCUT2D eigenvalue weighted by atomic mass is 10.0. The van der Waals surface area contributed by atoms with Crippen molar-refractivity contribution in [1.82, 2.24) is 0 Å². The van der Waals surface area contributed by atoms with Gasteiger partial charge >= 0.3 is 0 Å². The highest BCUT2D eigenvalue weighted by Crippen LogP contribution is 2.16. The molecule has 2 aromatic rings. The van der Waals surface area contributed by atoms with E-state index in [-0.39, 0.29) is 11.9 Å². The summed E-state index contributed by atoms with van der Waals surface area (Å²) in [6.07, 6.45) is 0.806. The van der Waals surface area contributed by atoms with Gasteiger partial charge in [0.2, 0.25) is 0 Å². The summed E-state index contributed by atoms with van der Waals surface area (Å²) in [5.74, 6) is 0.631. The van der Waals surface area contributed by atoms with Crippen molar-refractivity contribution in [1.29, 1.82) is 0 Å². The molecule has 0 unspecified atom stereocenters. The Bertz CT molecular complexity index is 686. The minimum atomic E-state index is -0.239. The fraction of sp³-hybridized carbons (Fsp3) is 0.278. The molecule has 0 aliphatic carbocycles. The average Bonchev–Trinajstić information content (AvgIpc) is 3.04. The summed E-state index contributed by atoms with van der Waals surface area (Å²) < 4.78 is 18.2. The van der Waals surface area contributed by atoms with Crippen LogP contribution in [0.2, 0.25) is 0 Å². The van der Waals surface area contributed by atoms with Gasteiger partial charge in [-0.25, -0.2) is 4.39 Å². The monoisotopic (exact) mass is 315 g/mol. The van der Waals surface area contributed by atoms with Gasteiger partial charge in [-0.05, 0) is 29.8 Å². The van der Waals surface area contributed by atoms with Gasteiger partial charge in [-0.15, -0.1) is 0 Å². The minimum Gasteiger partial charge on any atom is -0.497 e. The van der Waals surface area contributed by atoms with E-state index in [1.165, 1.54) is 17.7 Å². The average molecular weight is 315 g/mol. The van der Waals surface area contributed by atoms with E-state index in [1.807, 2.05) is 18.2 Å². The number of benzene rings is 2. The van der Waals surface area contributed by atoms with Gasteiger partial charge in [0.15, 0.2) is 6.10 Å². The Hall–Kier alpha value is -2.40. The minimum absolute atomic E-state index is 0.0562. The van der Waals surface area contributed by atoms with Gasteiger partial charge < -0.3 is 14.9 Å². The van der Waals surface area contributed by atoms with Gasteiger partial charge in [0.05, 0.1) is 12.8 Å². The summed E-state index contributed by atoms with van der Waals surface area (Å²) in [4.78, 5) is 5.47. The third-order valence-corrected chi connectivity index (χ3v) is 3.85. The maximum Gasteiger partial charge on any atom is 0.181 e. The molecule has 23 heavy (non-hydrogen) atoms. The fourth-order valence-corrected chi connectivity index (χ4v) is 2.60. The molecule has 120 valence electrons. The summed E-state index contributed by atoms with van der Waals surface area (Å²) in [5.41, 5.74) is 3.01. The van der Waals surface area contributed by atoms with E-state index >= 15 is 0 Å². The standard InChI is InChI=1S/C18H19FN2O2/c1-22-16-4-2-3-13(9-16)11-20-12-17-10-18(21-23-17)14-5-7-15(19)8-6-14/h2-9,17,20H,10-12H2,1H3/p+1/t17-/m1/s1. The number of nitrogens with zero attached hydrogens (tertiary/aromatic N) is 1. The Morgan fingerprint density at radius 2 is 2.09 bits per heavy atom. The van der Waals surface area contributed by atoms with Gasteiger partial charge in [-0.1, -0.05) is 29.4 Å².